The summed E-state index contributed by atoms with van der Waals surface area (Å²) in [5.74, 6) is 0.833. The Morgan fingerprint density at radius 1 is 1.00 bits per heavy atom. The van der Waals surface area contributed by atoms with Gasteiger partial charge in [0.1, 0.15) is 11.5 Å². The van der Waals surface area contributed by atoms with Crippen LogP contribution in [0.25, 0.3) is 0 Å². The zero-order valence-electron chi connectivity index (χ0n) is 18.2. The summed E-state index contributed by atoms with van der Waals surface area (Å²) in [4.78, 5) is 13.0. The minimum atomic E-state index is -3.69. The molecule has 0 radical (unpaired) electrons. The first-order valence-corrected chi connectivity index (χ1v) is 11.5. The van der Waals surface area contributed by atoms with Crippen molar-refractivity contribution >= 4 is 21.6 Å². The van der Waals surface area contributed by atoms with Crippen molar-refractivity contribution < 1.29 is 22.7 Å². The van der Waals surface area contributed by atoms with Gasteiger partial charge in [0.15, 0.2) is 0 Å². The fourth-order valence-electron chi connectivity index (χ4n) is 3.14. The molecule has 7 nitrogen and oxygen atoms in total. The lowest BCUT2D eigenvalue weighted by atomic mass is 10.1. The number of methoxy groups -OCH3 is 1. The average molecular weight is 455 g/mol. The molecule has 0 saturated heterocycles. The van der Waals surface area contributed by atoms with E-state index in [1.54, 1.807) is 79.9 Å². The van der Waals surface area contributed by atoms with E-state index in [4.69, 9.17) is 9.47 Å². The van der Waals surface area contributed by atoms with Gasteiger partial charge in [-0.15, -0.1) is 0 Å². The molecule has 0 saturated carbocycles. The Kier molecular flexibility index (Phi) is 7.50. The van der Waals surface area contributed by atoms with Crippen molar-refractivity contribution in [2.45, 2.75) is 18.4 Å². The molecule has 3 aromatic rings. The van der Waals surface area contributed by atoms with Crippen molar-refractivity contribution in [3.63, 3.8) is 0 Å². The van der Waals surface area contributed by atoms with E-state index in [2.05, 4.69) is 5.32 Å². The lowest BCUT2D eigenvalue weighted by molar-refractivity contribution is 0.102. The number of amides is 1. The molecule has 0 atom stereocenters. The number of nitrogens with zero attached hydrogens (tertiary/aromatic N) is 1. The van der Waals surface area contributed by atoms with Gasteiger partial charge >= 0.3 is 0 Å². The Morgan fingerprint density at radius 3 is 2.44 bits per heavy atom. The summed E-state index contributed by atoms with van der Waals surface area (Å²) >= 11 is 0. The first-order chi connectivity index (χ1) is 15.3. The van der Waals surface area contributed by atoms with Gasteiger partial charge in [0.2, 0.25) is 10.0 Å². The number of hydrogen-bond acceptors (Lipinski definition) is 5. The van der Waals surface area contributed by atoms with Crippen LogP contribution < -0.4 is 14.8 Å². The third-order valence-corrected chi connectivity index (χ3v) is 6.61. The molecule has 0 bridgehead atoms. The molecular weight excluding hydrogens is 428 g/mol. The van der Waals surface area contributed by atoms with Gasteiger partial charge in [-0.2, -0.15) is 4.31 Å². The second kappa shape index (κ2) is 10.3. The Labute approximate surface area is 188 Å². The minimum Gasteiger partial charge on any atom is -0.497 e. The molecule has 3 rings (SSSR count). The van der Waals surface area contributed by atoms with E-state index in [1.807, 2.05) is 6.92 Å². The Morgan fingerprint density at radius 2 is 1.75 bits per heavy atom. The molecule has 0 spiro atoms. The van der Waals surface area contributed by atoms with Crippen LogP contribution in [0.2, 0.25) is 0 Å². The smallest absolute Gasteiger partial charge is 0.255 e. The fraction of sp³-hybridized carbons (Fsp3) is 0.208. The van der Waals surface area contributed by atoms with Gasteiger partial charge in [-0.25, -0.2) is 8.42 Å². The normalized spacial score (nSPS) is 11.2. The maximum Gasteiger partial charge on any atom is 0.255 e. The maximum atomic E-state index is 12.9. The third kappa shape index (κ3) is 5.46. The number of ether oxygens (including phenoxy) is 2. The summed E-state index contributed by atoms with van der Waals surface area (Å²) < 4.78 is 37.9. The monoisotopic (exact) mass is 454 g/mol. The highest BCUT2D eigenvalue weighted by Gasteiger charge is 2.22. The fourth-order valence-corrected chi connectivity index (χ4v) is 4.31. The van der Waals surface area contributed by atoms with Gasteiger partial charge in [0, 0.05) is 36.5 Å². The Bertz CT molecular complexity index is 1180. The number of carbonyl (C=O) groups is 1. The molecule has 1 amide bonds. The molecule has 32 heavy (non-hydrogen) atoms. The highest BCUT2D eigenvalue weighted by atomic mass is 32.2. The molecule has 0 aromatic heterocycles. The average Bonchev–Trinajstić information content (AvgIpc) is 2.80. The summed E-state index contributed by atoms with van der Waals surface area (Å²) in [6, 6.07) is 20.2. The van der Waals surface area contributed by atoms with Crippen molar-refractivity contribution in [1.29, 1.82) is 0 Å². The van der Waals surface area contributed by atoms with Crippen LogP contribution in [0.15, 0.2) is 77.7 Å². The SMILES string of the molecule is CCOc1ccc(C(=O)Nc2cccc(OC)c2)cc1CN(C)S(=O)(=O)c1ccccc1. The third-order valence-electron chi connectivity index (χ3n) is 4.79. The van der Waals surface area contributed by atoms with Crippen LogP contribution in [0.3, 0.4) is 0 Å². The Hall–Kier alpha value is -3.36. The molecule has 0 fully saturated rings. The molecular formula is C24H26N2O5S. The van der Waals surface area contributed by atoms with Crippen LogP contribution in [0.4, 0.5) is 5.69 Å². The van der Waals surface area contributed by atoms with Crippen LogP contribution in [0.5, 0.6) is 11.5 Å². The van der Waals surface area contributed by atoms with Crippen LogP contribution in [0, 0.1) is 0 Å². The molecule has 0 aliphatic carbocycles. The molecule has 8 heteroatoms. The van der Waals surface area contributed by atoms with E-state index < -0.39 is 10.0 Å². The first kappa shape index (κ1) is 23.3. The topological polar surface area (TPSA) is 84.9 Å². The zero-order chi connectivity index (χ0) is 23.1. The summed E-state index contributed by atoms with van der Waals surface area (Å²) in [5, 5.41) is 2.83. The molecule has 168 valence electrons. The van der Waals surface area contributed by atoms with E-state index >= 15 is 0 Å². The van der Waals surface area contributed by atoms with Crippen molar-refractivity contribution in [3.8, 4) is 11.5 Å². The highest BCUT2D eigenvalue weighted by molar-refractivity contribution is 7.89. The lowest BCUT2D eigenvalue weighted by Crippen LogP contribution is -2.27. The number of hydrogen-bond donors (Lipinski definition) is 1. The van der Waals surface area contributed by atoms with Crippen LogP contribution >= 0.6 is 0 Å². The molecule has 0 aliphatic rings. The van der Waals surface area contributed by atoms with Crippen molar-refractivity contribution in [3.05, 3.63) is 83.9 Å². The second-order valence-corrected chi connectivity index (χ2v) is 9.06. The molecule has 0 heterocycles. The van der Waals surface area contributed by atoms with E-state index in [1.165, 1.54) is 11.4 Å². The van der Waals surface area contributed by atoms with Gasteiger partial charge in [0.25, 0.3) is 5.91 Å². The number of anilines is 1. The minimum absolute atomic E-state index is 0.0485. The van der Waals surface area contributed by atoms with Gasteiger partial charge in [-0.05, 0) is 49.4 Å². The Balaban J connectivity index is 1.86. The largest absolute Gasteiger partial charge is 0.497 e. The highest BCUT2D eigenvalue weighted by Crippen LogP contribution is 2.25. The van der Waals surface area contributed by atoms with E-state index in [-0.39, 0.29) is 17.3 Å². The van der Waals surface area contributed by atoms with Gasteiger partial charge in [-0.1, -0.05) is 24.3 Å². The molecule has 0 unspecified atom stereocenters. The van der Waals surface area contributed by atoms with Crippen molar-refractivity contribution in [2.75, 3.05) is 26.1 Å². The van der Waals surface area contributed by atoms with Crippen LogP contribution in [-0.2, 0) is 16.6 Å². The standard InChI is InChI=1S/C24H26N2O5S/c1-4-31-23-14-13-18(24(27)25-20-9-8-10-21(16-20)30-3)15-19(23)17-26(2)32(28,29)22-11-6-5-7-12-22/h5-16H,4,17H2,1-3H3,(H,25,27). The number of rotatable bonds is 9. The predicted octanol–water partition coefficient (Wildman–Crippen LogP) is 4.17. The molecule has 1 N–H and O–H groups in total. The maximum absolute atomic E-state index is 12.9. The molecule has 3 aromatic carbocycles. The second-order valence-electron chi connectivity index (χ2n) is 7.02. The molecule has 0 aliphatic heterocycles. The summed E-state index contributed by atoms with van der Waals surface area (Å²) in [6.45, 7) is 2.31. The lowest BCUT2D eigenvalue weighted by Gasteiger charge is -2.20. The van der Waals surface area contributed by atoms with Crippen molar-refractivity contribution in [1.82, 2.24) is 4.31 Å². The van der Waals surface area contributed by atoms with Crippen LogP contribution in [-0.4, -0.2) is 39.4 Å². The van der Waals surface area contributed by atoms with E-state index in [0.717, 1.165) is 0 Å². The van der Waals surface area contributed by atoms with E-state index in [0.29, 0.717) is 34.9 Å². The predicted molar refractivity (Wildman–Crippen MR) is 124 cm³/mol. The van der Waals surface area contributed by atoms with Crippen molar-refractivity contribution in [2.24, 2.45) is 0 Å². The van der Waals surface area contributed by atoms with E-state index in [9.17, 15) is 13.2 Å². The number of benzene rings is 3. The number of sulfonamides is 1. The summed E-state index contributed by atoms with van der Waals surface area (Å²) in [7, 11) is -0.639. The van der Waals surface area contributed by atoms with Gasteiger partial charge in [-0.3, -0.25) is 4.79 Å². The quantitative estimate of drug-likeness (QED) is 0.525. The summed E-state index contributed by atoms with van der Waals surface area (Å²) in [5.41, 5.74) is 1.57. The number of nitrogens with one attached hydrogen (secondary N) is 1. The summed E-state index contributed by atoms with van der Waals surface area (Å²) in [6.07, 6.45) is 0. The number of carbonyl (C=O) groups excluding carboxylic acids is 1. The van der Waals surface area contributed by atoms with Gasteiger partial charge < -0.3 is 14.8 Å². The van der Waals surface area contributed by atoms with Crippen LogP contribution in [0.1, 0.15) is 22.8 Å². The zero-order valence-corrected chi connectivity index (χ0v) is 19.1. The first-order valence-electron chi connectivity index (χ1n) is 10.1. The van der Waals surface area contributed by atoms with Gasteiger partial charge in [0.05, 0.1) is 18.6 Å².